The van der Waals surface area contributed by atoms with Crippen molar-refractivity contribution in [1.29, 1.82) is 0 Å². The van der Waals surface area contributed by atoms with E-state index in [1.807, 2.05) is 25.3 Å². The normalized spacial score (nSPS) is 17.6. The molecule has 0 bridgehead atoms. The number of rotatable bonds is 2. The fourth-order valence-corrected chi connectivity index (χ4v) is 2.69. The highest BCUT2D eigenvalue weighted by Gasteiger charge is 2.22. The molecule has 3 heteroatoms. The molecule has 18 heavy (non-hydrogen) atoms. The van der Waals surface area contributed by atoms with Crippen LogP contribution in [-0.2, 0) is 6.42 Å². The van der Waals surface area contributed by atoms with Crippen LogP contribution in [0.2, 0.25) is 5.02 Å². The fraction of sp³-hybridized carbons (Fsp3) is 0.267. The molecule has 0 spiro atoms. The van der Waals surface area contributed by atoms with Gasteiger partial charge in [-0.15, -0.1) is 0 Å². The molecule has 0 aliphatic heterocycles. The SMILES string of the molecule is Cc1ccc(NC2CCc3cc(Cl)ccc32)cn1. The van der Waals surface area contributed by atoms with Crippen molar-refractivity contribution in [2.75, 3.05) is 5.32 Å². The van der Waals surface area contributed by atoms with Gasteiger partial charge in [0.1, 0.15) is 0 Å². The van der Waals surface area contributed by atoms with E-state index in [2.05, 4.69) is 28.5 Å². The lowest BCUT2D eigenvalue weighted by molar-refractivity contribution is 0.761. The van der Waals surface area contributed by atoms with Gasteiger partial charge in [-0.05, 0) is 55.2 Å². The third kappa shape index (κ3) is 2.21. The van der Waals surface area contributed by atoms with Gasteiger partial charge in [-0.1, -0.05) is 17.7 Å². The second-order valence-electron chi connectivity index (χ2n) is 4.77. The van der Waals surface area contributed by atoms with Crippen molar-refractivity contribution in [3.8, 4) is 0 Å². The molecular formula is C15H15ClN2. The molecule has 0 saturated carbocycles. The first-order valence-electron chi connectivity index (χ1n) is 6.20. The van der Waals surface area contributed by atoms with Gasteiger partial charge in [-0.2, -0.15) is 0 Å². The minimum Gasteiger partial charge on any atom is -0.377 e. The summed E-state index contributed by atoms with van der Waals surface area (Å²) in [5, 5.41) is 4.36. The third-order valence-corrected chi connectivity index (χ3v) is 3.67. The predicted molar refractivity (Wildman–Crippen MR) is 75.1 cm³/mol. The highest BCUT2D eigenvalue weighted by atomic mass is 35.5. The number of aromatic nitrogens is 1. The molecule has 1 N–H and O–H groups in total. The Morgan fingerprint density at radius 2 is 2.17 bits per heavy atom. The molecule has 1 unspecified atom stereocenters. The average molecular weight is 259 g/mol. The predicted octanol–water partition coefficient (Wildman–Crippen LogP) is 4.14. The Bertz CT molecular complexity index is 563. The molecule has 1 aliphatic rings. The highest BCUT2D eigenvalue weighted by Crippen LogP contribution is 2.35. The monoisotopic (exact) mass is 258 g/mol. The standard InChI is InChI=1S/C15H15ClN2/c1-10-2-5-13(9-17-10)18-15-7-3-11-8-12(16)4-6-14(11)15/h2,4-6,8-9,15,18H,3,7H2,1H3. The summed E-state index contributed by atoms with van der Waals surface area (Å²) >= 11 is 6.02. The van der Waals surface area contributed by atoms with Crippen LogP contribution in [0.15, 0.2) is 36.5 Å². The summed E-state index contributed by atoms with van der Waals surface area (Å²) in [6.07, 6.45) is 4.10. The summed E-state index contributed by atoms with van der Waals surface area (Å²) in [5.41, 5.74) is 4.84. The number of fused-ring (bicyclic) bond motifs is 1. The number of hydrogen-bond acceptors (Lipinski definition) is 2. The summed E-state index contributed by atoms with van der Waals surface area (Å²) in [6.45, 7) is 2.00. The molecule has 92 valence electrons. The third-order valence-electron chi connectivity index (χ3n) is 3.44. The van der Waals surface area contributed by atoms with Crippen LogP contribution in [0.5, 0.6) is 0 Å². The van der Waals surface area contributed by atoms with E-state index in [1.165, 1.54) is 11.1 Å². The maximum absolute atomic E-state index is 6.02. The van der Waals surface area contributed by atoms with Crippen molar-refractivity contribution in [1.82, 2.24) is 4.98 Å². The second kappa shape index (κ2) is 4.62. The van der Waals surface area contributed by atoms with Gasteiger partial charge in [0.2, 0.25) is 0 Å². The summed E-state index contributed by atoms with van der Waals surface area (Å²) < 4.78 is 0. The van der Waals surface area contributed by atoms with Gasteiger partial charge >= 0.3 is 0 Å². The number of aryl methyl sites for hydroxylation is 2. The largest absolute Gasteiger partial charge is 0.377 e. The van der Waals surface area contributed by atoms with E-state index < -0.39 is 0 Å². The number of hydrogen-bond donors (Lipinski definition) is 1. The van der Waals surface area contributed by atoms with E-state index in [-0.39, 0.29) is 0 Å². The lowest BCUT2D eigenvalue weighted by Gasteiger charge is -2.15. The van der Waals surface area contributed by atoms with Crippen molar-refractivity contribution in [3.05, 3.63) is 58.4 Å². The first kappa shape index (κ1) is 11.5. The Kier molecular flexibility index (Phi) is 2.96. The number of nitrogens with one attached hydrogen (secondary N) is 1. The summed E-state index contributed by atoms with van der Waals surface area (Å²) in [4.78, 5) is 4.31. The second-order valence-corrected chi connectivity index (χ2v) is 5.20. The minimum absolute atomic E-state index is 0.377. The maximum atomic E-state index is 6.02. The van der Waals surface area contributed by atoms with Crippen LogP contribution in [-0.4, -0.2) is 4.98 Å². The van der Waals surface area contributed by atoms with E-state index in [0.717, 1.165) is 29.2 Å². The maximum Gasteiger partial charge on any atom is 0.0531 e. The Balaban J connectivity index is 1.82. The fourth-order valence-electron chi connectivity index (χ4n) is 2.49. The van der Waals surface area contributed by atoms with E-state index in [0.29, 0.717) is 6.04 Å². The van der Waals surface area contributed by atoms with Crippen LogP contribution in [0.25, 0.3) is 0 Å². The Morgan fingerprint density at radius 1 is 1.28 bits per heavy atom. The molecule has 1 atom stereocenters. The van der Waals surface area contributed by atoms with Crippen molar-refractivity contribution in [2.24, 2.45) is 0 Å². The Hall–Kier alpha value is -1.54. The van der Waals surface area contributed by atoms with E-state index >= 15 is 0 Å². The molecule has 1 aromatic heterocycles. The first-order chi connectivity index (χ1) is 8.72. The van der Waals surface area contributed by atoms with Gasteiger partial charge in [0, 0.05) is 10.7 Å². The number of nitrogens with zero attached hydrogens (tertiary/aromatic N) is 1. The lowest BCUT2D eigenvalue weighted by atomic mass is 10.1. The van der Waals surface area contributed by atoms with Crippen LogP contribution in [0.4, 0.5) is 5.69 Å². The zero-order chi connectivity index (χ0) is 12.5. The highest BCUT2D eigenvalue weighted by molar-refractivity contribution is 6.30. The van der Waals surface area contributed by atoms with Crippen molar-refractivity contribution >= 4 is 17.3 Å². The van der Waals surface area contributed by atoms with E-state index in [1.54, 1.807) is 0 Å². The number of anilines is 1. The number of halogens is 1. The minimum atomic E-state index is 0.377. The molecule has 0 saturated heterocycles. The van der Waals surface area contributed by atoms with Gasteiger partial charge in [0.25, 0.3) is 0 Å². The summed E-state index contributed by atoms with van der Waals surface area (Å²) in [5.74, 6) is 0. The van der Waals surface area contributed by atoms with Crippen LogP contribution in [0.1, 0.15) is 29.3 Å². The van der Waals surface area contributed by atoms with Crippen LogP contribution < -0.4 is 5.32 Å². The van der Waals surface area contributed by atoms with Crippen molar-refractivity contribution in [2.45, 2.75) is 25.8 Å². The zero-order valence-electron chi connectivity index (χ0n) is 10.3. The molecule has 0 fully saturated rings. The molecule has 2 nitrogen and oxygen atoms in total. The molecule has 0 amide bonds. The van der Waals surface area contributed by atoms with Crippen molar-refractivity contribution in [3.63, 3.8) is 0 Å². The molecule has 1 heterocycles. The van der Waals surface area contributed by atoms with E-state index in [4.69, 9.17) is 11.6 Å². The average Bonchev–Trinajstić information content (AvgIpc) is 2.74. The lowest BCUT2D eigenvalue weighted by Crippen LogP contribution is -2.07. The molecule has 3 rings (SSSR count). The number of pyridine rings is 1. The van der Waals surface area contributed by atoms with Gasteiger partial charge < -0.3 is 5.32 Å². The van der Waals surface area contributed by atoms with Gasteiger partial charge in [-0.3, -0.25) is 4.98 Å². The van der Waals surface area contributed by atoms with Crippen LogP contribution in [0, 0.1) is 6.92 Å². The summed E-state index contributed by atoms with van der Waals surface area (Å²) in [6, 6.07) is 10.7. The van der Waals surface area contributed by atoms with Crippen LogP contribution >= 0.6 is 11.6 Å². The first-order valence-corrected chi connectivity index (χ1v) is 6.58. The smallest absolute Gasteiger partial charge is 0.0531 e. The van der Waals surface area contributed by atoms with Crippen LogP contribution in [0.3, 0.4) is 0 Å². The zero-order valence-corrected chi connectivity index (χ0v) is 11.0. The molecule has 1 aromatic carbocycles. The molecule has 1 aliphatic carbocycles. The van der Waals surface area contributed by atoms with Gasteiger partial charge in [-0.25, -0.2) is 0 Å². The van der Waals surface area contributed by atoms with Gasteiger partial charge in [0.15, 0.2) is 0 Å². The Labute approximate surface area is 112 Å². The van der Waals surface area contributed by atoms with E-state index in [9.17, 15) is 0 Å². The summed E-state index contributed by atoms with van der Waals surface area (Å²) in [7, 11) is 0. The molecule has 2 aromatic rings. The van der Waals surface area contributed by atoms with Crippen molar-refractivity contribution < 1.29 is 0 Å². The van der Waals surface area contributed by atoms with Gasteiger partial charge in [0.05, 0.1) is 17.9 Å². The quantitative estimate of drug-likeness (QED) is 0.876. The Morgan fingerprint density at radius 3 is 2.94 bits per heavy atom. The number of benzene rings is 1. The topological polar surface area (TPSA) is 24.9 Å². The molecular weight excluding hydrogens is 244 g/mol. The molecule has 0 radical (unpaired) electrons.